The van der Waals surface area contributed by atoms with Crippen LogP contribution in [0.25, 0.3) is 21.8 Å². The first-order valence-electron chi connectivity index (χ1n) is 8.17. The van der Waals surface area contributed by atoms with E-state index in [1.807, 2.05) is 22.9 Å². The largest absolute Gasteiger partial charge is 0.366 e. The minimum atomic E-state index is -0.492. The zero-order chi connectivity index (χ0) is 18.3. The number of hydrogen-bond acceptors (Lipinski definition) is 3. The molecule has 0 aliphatic heterocycles. The number of aromatic nitrogens is 3. The molecule has 0 aliphatic rings. The Hall–Kier alpha value is -3.61. The zero-order valence-corrected chi connectivity index (χ0v) is 13.9. The predicted molar refractivity (Wildman–Crippen MR) is 98.8 cm³/mol. The lowest BCUT2D eigenvalue weighted by Crippen LogP contribution is -2.15. The maximum absolute atomic E-state index is 12.2. The Morgan fingerprint density at radius 3 is 2.62 bits per heavy atom. The molecule has 0 bridgehead atoms. The normalized spacial score (nSPS) is 11.2. The number of hydrogen-bond donors (Lipinski definition) is 3. The summed E-state index contributed by atoms with van der Waals surface area (Å²) in [5.74, 6) is -0.980. The molecule has 0 unspecified atom stereocenters. The van der Waals surface area contributed by atoms with Crippen molar-refractivity contribution in [3.8, 4) is 0 Å². The van der Waals surface area contributed by atoms with E-state index < -0.39 is 11.8 Å². The van der Waals surface area contributed by atoms with Gasteiger partial charge in [-0.25, -0.2) is 4.98 Å². The Morgan fingerprint density at radius 1 is 1.08 bits per heavy atom. The van der Waals surface area contributed by atoms with Crippen molar-refractivity contribution in [2.75, 3.05) is 0 Å². The number of carbonyl (C=O) groups excluding carboxylic acids is 2. The van der Waals surface area contributed by atoms with Crippen LogP contribution in [0.3, 0.4) is 0 Å². The lowest BCUT2D eigenvalue weighted by atomic mass is 9.99. The van der Waals surface area contributed by atoms with Crippen LogP contribution in [-0.2, 0) is 13.0 Å². The second-order valence-electron chi connectivity index (χ2n) is 6.19. The highest BCUT2D eigenvalue weighted by molar-refractivity contribution is 6.16. The standard InChI is InChI=1S/C19H17N5O2/c20-18(25)12-2-4-15-14(9-12)13-3-1-11(5-7-24-8-6-22-10-24)16(19(21)26)17(13)23-15/h1-4,6,8-10,23H,5,7H2,(H2,20,25)(H2,21,26). The summed E-state index contributed by atoms with van der Waals surface area (Å²) in [6, 6.07) is 9.01. The molecule has 4 rings (SSSR count). The van der Waals surface area contributed by atoms with E-state index in [1.54, 1.807) is 30.7 Å². The fourth-order valence-corrected chi connectivity index (χ4v) is 3.32. The van der Waals surface area contributed by atoms with Crippen LogP contribution in [0.4, 0.5) is 0 Å². The van der Waals surface area contributed by atoms with Gasteiger partial charge in [-0.2, -0.15) is 0 Å². The molecule has 0 spiro atoms. The highest BCUT2D eigenvalue weighted by Gasteiger charge is 2.17. The summed E-state index contributed by atoms with van der Waals surface area (Å²) in [6.07, 6.45) is 5.96. The van der Waals surface area contributed by atoms with Gasteiger partial charge in [0, 0.05) is 40.8 Å². The van der Waals surface area contributed by atoms with Crippen LogP contribution in [0, 0.1) is 0 Å². The fourth-order valence-electron chi connectivity index (χ4n) is 3.32. The van der Waals surface area contributed by atoms with Crippen LogP contribution in [-0.4, -0.2) is 26.3 Å². The van der Waals surface area contributed by atoms with Crippen molar-refractivity contribution in [3.05, 3.63) is 65.7 Å². The van der Waals surface area contributed by atoms with Gasteiger partial charge in [-0.3, -0.25) is 9.59 Å². The molecule has 0 saturated carbocycles. The molecule has 0 saturated heterocycles. The van der Waals surface area contributed by atoms with Crippen LogP contribution >= 0.6 is 0 Å². The van der Waals surface area contributed by atoms with Gasteiger partial charge < -0.3 is 21.0 Å². The van der Waals surface area contributed by atoms with E-state index in [0.717, 1.165) is 21.9 Å². The quantitative estimate of drug-likeness (QED) is 0.512. The van der Waals surface area contributed by atoms with E-state index in [-0.39, 0.29) is 0 Å². The number of imidazole rings is 1. The molecule has 7 heteroatoms. The second kappa shape index (κ2) is 6.03. The number of benzene rings is 2. The van der Waals surface area contributed by atoms with Gasteiger partial charge in [-0.15, -0.1) is 0 Å². The molecule has 5 N–H and O–H groups in total. The fraction of sp³-hybridized carbons (Fsp3) is 0.105. The van der Waals surface area contributed by atoms with Gasteiger partial charge in [0.1, 0.15) is 0 Å². The number of fused-ring (bicyclic) bond motifs is 3. The van der Waals surface area contributed by atoms with Crippen LogP contribution in [0.2, 0.25) is 0 Å². The molecule has 0 atom stereocenters. The topological polar surface area (TPSA) is 120 Å². The van der Waals surface area contributed by atoms with Gasteiger partial charge in [0.05, 0.1) is 17.4 Å². The Morgan fingerprint density at radius 2 is 1.92 bits per heavy atom. The third kappa shape index (κ3) is 2.59. The summed E-state index contributed by atoms with van der Waals surface area (Å²) in [5.41, 5.74) is 14.3. The molecule has 0 fully saturated rings. The lowest BCUT2D eigenvalue weighted by Gasteiger charge is -2.09. The number of nitrogens with zero attached hydrogens (tertiary/aromatic N) is 2. The van der Waals surface area contributed by atoms with Crippen LogP contribution in [0.1, 0.15) is 26.3 Å². The van der Waals surface area contributed by atoms with E-state index in [2.05, 4.69) is 9.97 Å². The summed E-state index contributed by atoms with van der Waals surface area (Å²) in [6.45, 7) is 0.692. The van der Waals surface area contributed by atoms with Crippen LogP contribution in [0.5, 0.6) is 0 Å². The number of carbonyl (C=O) groups is 2. The zero-order valence-electron chi connectivity index (χ0n) is 13.9. The minimum Gasteiger partial charge on any atom is -0.366 e. The van der Waals surface area contributed by atoms with Crippen molar-refractivity contribution >= 4 is 33.6 Å². The third-order valence-corrected chi connectivity index (χ3v) is 4.59. The summed E-state index contributed by atoms with van der Waals surface area (Å²) >= 11 is 0. The number of nitrogens with two attached hydrogens (primary N) is 2. The molecule has 130 valence electrons. The molecule has 0 radical (unpaired) electrons. The highest BCUT2D eigenvalue weighted by atomic mass is 16.1. The smallest absolute Gasteiger partial charge is 0.251 e. The number of rotatable bonds is 5. The molecule has 2 aromatic carbocycles. The lowest BCUT2D eigenvalue weighted by molar-refractivity contribution is 0.0992. The first kappa shape index (κ1) is 15.9. The highest BCUT2D eigenvalue weighted by Crippen LogP contribution is 2.30. The van der Waals surface area contributed by atoms with Gasteiger partial charge >= 0.3 is 0 Å². The SMILES string of the molecule is NC(=O)c1ccc2[nH]c3c(C(N)=O)c(CCn4ccnc4)ccc3c2c1. The Labute approximate surface area is 148 Å². The van der Waals surface area contributed by atoms with Crippen molar-refractivity contribution in [3.63, 3.8) is 0 Å². The van der Waals surface area contributed by atoms with E-state index in [0.29, 0.717) is 29.6 Å². The van der Waals surface area contributed by atoms with Crippen molar-refractivity contribution in [1.82, 2.24) is 14.5 Å². The van der Waals surface area contributed by atoms with E-state index in [4.69, 9.17) is 11.5 Å². The van der Waals surface area contributed by atoms with Crippen molar-refractivity contribution in [2.45, 2.75) is 13.0 Å². The molecular formula is C19H17N5O2. The Kier molecular flexibility index (Phi) is 3.69. The monoisotopic (exact) mass is 347 g/mol. The summed E-state index contributed by atoms with van der Waals surface area (Å²) in [4.78, 5) is 30.9. The third-order valence-electron chi connectivity index (χ3n) is 4.59. The number of aromatic amines is 1. The van der Waals surface area contributed by atoms with Crippen molar-refractivity contribution in [1.29, 1.82) is 0 Å². The maximum Gasteiger partial charge on any atom is 0.251 e. The molecule has 0 aliphatic carbocycles. The van der Waals surface area contributed by atoms with E-state index in [9.17, 15) is 9.59 Å². The predicted octanol–water partition coefficient (Wildman–Crippen LogP) is 1.96. The Bertz CT molecular complexity index is 1140. The summed E-state index contributed by atoms with van der Waals surface area (Å²) in [5, 5.41) is 1.67. The number of H-pyrrole nitrogens is 1. The van der Waals surface area contributed by atoms with Gasteiger partial charge in [-0.05, 0) is 30.2 Å². The van der Waals surface area contributed by atoms with E-state index in [1.165, 1.54) is 0 Å². The molecule has 4 aromatic rings. The molecule has 7 nitrogen and oxygen atoms in total. The first-order chi connectivity index (χ1) is 12.5. The summed E-state index contributed by atoms with van der Waals surface area (Å²) in [7, 11) is 0. The van der Waals surface area contributed by atoms with Crippen LogP contribution < -0.4 is 11.5 Å². The van der Waals surface area contributed by atoms with E-state index >= 15 is 0 Å². The van der Waals surface area contributed by atoms with Crippen LogP contribution in [0.15, 0.2) is 49.1 Å². The minimum absolute atomic E-state index is 0.420. The maximum atomic E-state index is 12.2. The van der Waals surface area contributed by atoms with Crippen molar-refractivity contribution < 1.29 is 9.59 Å². The molecule has 2 aromatic heterocycles. The average Bonchev–Trinajstić information content (AvgIpc) is 3.25. The molecular weight excluding hydrogens is 330 g/mol. The molecule has 2 amide bonds. The number of primary amides is 2. The Balaban J connectivity index is 1.86. The molecule has 2 heterocycles. The number of amides is 2. The molecule has 26 heavy (non-hydrogen) atoms. The average molecular weight is 347 g/mol. The van der Waals surface area contributed by atoms with Gasteiger partial charge in [-0.1, -0.05) is 12.1 Å². The van der Waals surface area contributed by atoms with Crippen molar-refractivity contribution in [2.24, 2.45) is 11.5 Å². The van der Waals surface area contributed by atoms with Gasteiger partial charge in [0.15, 0.2) is 0 Å². The second-order valence-corrected chi connectivity index (χ2v) is 6.19. The number of aryl methyl sites for hydroxylation is 2. The summed E-state index contributed by atoms with van der Waals surface area (Å²) < 4.78 is 1.94. The first-order valence-corrected chi connectivity index (χ1v) is 8.17. The van der Waals surface area contributed by atoms with Gasteiger partial charge in [0.2, 0.25) is 5.91 Å². The van der Waals surface area contributed by atoms with Gasteiger partial charge in [0.25, 0.3) is 5.91 Å². The number of nitrogens with one attached hydrogen (secondary N) is 1.